The van der Waals surface area contributed by atoms with Crippen molar-refractivity contribution >= 4 is 5.97 Å². The van der Waals surface area contributed by atoms with E-state index in [1.54, 1.807) is 6.92 Å². The van der Waals surface area contributed by atoms with Crippen molar-refractivity contribution in [3.05, 3.63) is 47.6 Å². The largest absolute Gasteiger partial charge is 0.465 e. The Morgan fingerprint density at radius 2 is 2.00 bits per heavy atom. The Bertz CT molecular complexity index is 578. The van der Waals surface area contributed by atoms with Gasteiger partial charge >= 0.3 is 5.97 Å². The van der Waals surface area contributed by atoms with Crippen LogP contribution in [0.1, 0.15) is 49.9 Å². The fourth-order valence-corrected chi connectivity index (χ4v) is 1.99. The van der Waals surface area contributed by atoms with Crippen LogP contribution < -0.4 is 0 Å². The molecule has 1 heterocycles. The topological polar surface area (TPSA) is 65.2 Å². The number of carbonyl (C=O) groups excluding carboxylic acids is 1. The highest BCUT2D eigenvalue weighted by Crippen LogP contribution is 2.23. The number of rotatable bonds is 6. The first kappa shape index (κ1) is 15.2. The molecule has 0 saturated heterocycles. The summed E-state index contributed by atoms with van der Waals surface area (Å²) in [7, 11) is 0. The van der Waals surface area contributed by atoms with Crippen LogP contribution >= 0.6 is 0 Å². The van der Waals surface area contributed by atoms with Crippen molar-refractivity contribution < 1.29 is 14.1 Å². The Hall–Kier alpha value is -2.17. The number of hydrogen-bond acceptors (Lipinski definition) is 5. The van der Waals surface area contributed by atoms with E-state index in [9.17, 15) is 4.79 Å². The van der Waals surface area contributed by atoms with Crippen LogP contribution in [0.5, 0.6) is 0 Å². The number of ether oxygens (including phenoxy) is 1. The van der Waals surface area contributed by atoms with E-state index < -0.39 is 5.92 Å². The van der Waals surface area contributed by atoms with Gasteiger partial charge in [-0.15, -0.1) is 0 Å². The van der Waals surface area contributed by atoms with Gasteiger partial charge in [-0.1, -0.05) is 49.3 Å². The lowest BCUT2D eigenvalue weighted by atomic mass is 9.99. The molecule has 1 aromatic heterocycles. The lowest BCUT2D eigenvalue weighted by Gasteiger charge is -2.11. The van der Waals surface area contributed by atoms with Crippen LogP contribution in [0.15, 0.2) is 34.9 Å². The first-order valence-corrected chi connectivity index (χ1v) is 7.15. The second kappa shape index (κ2) is 7.02. The summed E-state index contributed by atoms with van der Waals surface area (Å²) >= 11 is 0. The van der Waals surface area contributed by atoms with Gasteiger partial charge in [0.25, 0.3) is 0 Å². The summed E-state index contributed by atoms with van der Waals surface area (Å²) in [5.74, 6) is 0.183. The number of hydrogen-bond donors (Lipinski definition) is 0. The van der Waals surface area contributed by atoms with E-state index in [1.807, 2.05) is 44.2 Å². The van der Waals surface area contributed by atoms with Crippen molar-refractivity contribution in [2.75, 3.05) is 6.61 Å². The minimum Gasteiger partial charge on any atom is -0.465 e. The molecular formula is C16H20N2O3. The van der Waals surface area contributed by atoms with E-state index in [1.165, 1.54) is 0 Å². The summed E-state index contributed by atoms with van der Waals surface area (Å²) in [6.07, 6.45) is 0.486. The van der Waals surface area contributed by atoms with E-state index in [-0.39, 0.29) is 11.9 Å². The molecule has 0 aliphatic heterocycles. The quantitative estimate of drug-likeness (QED) is 0.764. The standard InChI is InChI=1S/C16H20N2O3/c1-4-20-16(19)13(10-12-8-6-5-7-9-12)15-17-14(11(2)3)18-21-15/h5-9,11,13H,4,10H2,1-3H3. The third-order valence-corrected chi connectivity index (χ3v) is 3.13. The van der Waals surface area contributed by atoms with Gasteiger partial charge in [0.1, 0.15) is 5.92 Å². The molecule has 1 unspecified atom stereocenters. The summed E-state index contributed by atoms with van der Waals surface area (Å²) in [4.78, 5) is 16.5. The molecule has 0 radical (unpaired) electrons. The van der Waals surface area contributed by atoms with Gasteiger partial charge in [0.15, 0.2) is 5.82 Å². The van der Waals surface area contributed by atoms with Crippen molar-refractivity contribution in [1.82, 2.24) is 10.1 Å². The predicted molar refractivity (Wildman–Crippen MR) is 77.9 cm³/mol. The maximum atomic E-state index is 12.2. The Labute approximate surface area is 124 Å². The third-order valence-electron chi connectivity index (χ3n) is 3.13. The van der Waals surface area contributed by atoms with Crippen LogP contribution in [0.4, 0.5) is 0 Å². The molecule has 2 rings (SSSR count). The normalized spacial score (nSPS) is 12.4. The van der Waals surface area contributed by atoms with Gasteiger partial charge in [0.2, 0.25) is 5.89 Å². The number of aromatic nitrogens is 2. The molecule has 5 heteroatoms. The Balaban J connectivity index is 2.24. The number of carbonyl (C=O) groups is 1. The molecule has 1 aromatic carbocycles. The fourth-order valence-electron chi connectivity index (χ4n) is 1.99. The van der Waals surface area contributed by atoms with Gasteiger partial charge in [0, 0.05) is 5.92 Å². The second-order valence-corrected chi connectivity index (χ2v) is 5.14. The molecule has 0 aliphatic carbocycles. The van der Waals surface area contributed by atoms with Gasteiger partial charge < -0.3 is 9.26 Å². The smallest absolute Gasteiger partial charge is 0.318 e. The highest BCUT2D eigenvalue weighted by molar-refractivity contribution is 5.77. The highest BCUT2D eigenvalue weighted by Gasteiger charge is 2.28. The molecule has 1 atom stereocenters. The lowest BCUT2D eigenvalue weighted by Crippen LogP contribution is -2.19. The van der Waals surface area contributed by atoms with Crippen LogP contribution in [0.25, 0.3) is 0 Å². The highest BCUT2D eigenvalue weighted by atomic mass is 16.5. The maximum Gasteiger partial charge on any atom is 0.318 e. The summed E-state index contributed by atoms with van der Waals surface area (Å²) in [5, 5.41) is 3.93. The Morgan fingerprint density at radius 1 is 1.29 bits per heavy atom. The SMILES string of the molecule is CCOC(=O)C(Cc1ccccc1)c1nc(C(C)C)no1. The summed E-state index contributed by atoms with van der Waals surface area (Å²) in [6, 6.07) is 9.74. The van der Waals surface area contributed by atoms with E-state index in [0.29, 0.717) is 24.7 Å². The van der Waals surface area contributed by atoms with E-state index >= 15 is 0 Å². The van der Waals surface area contributed by atoms with Crippen LogP contribution in [0, 0.1) is 0 Å². The van der Waals surface area contributed by atoms with E-state index in [0.717, 1.165) is 5.56 Å². The van der Waals surface area contributed by atoms with Crippen molar-refractivity contribution in [3.8, 4) is 0 Å². The summed E-state index contributed by atoms with van der Waals surface area (Å²) in [5.41, 5.74) is 1.03. The van der Waals surface area contributed by atoms with Crippen molar-refractivity contribution in [3.63, 3.8) is 0 Å². The zero-order chi connectivity index (χ0) is 15.2. The average Bonchev–Trinajstić information content (AvgIpc) is 2.96. The fraction of sp³-hybridized carbons (Fsp3) is 0.438. The zero-order valence-electron chi connectivity index (χ0n) is 12.6. The number of nitrogens with zero attached hydrogens (tertiary/aromatic N) is 2. The molecule has 0 amide bonds. The molecule has 0 spiro atoms. The summed E-state index contributed by atoms with van der Waals surface area (Å²) < 4.78 is 10.4. The zero-order valence-corrected chi connectivity index (χ0v) is 12.6. The van der Waals surface area contributed by atoms with Crippen molar-refractivity contribution in [1.29, 1.82) is 0 Å². The molecule has 2 aromatic rings. The molecule has 0 aliphatic rings. The molecule has 112 valence electrons. The van der Waals surface area contributed by atoms with Gasteiger partial charge in [-0.2, -0.15) is 4.98 Å². The molecule has 0 N–H and O–H groups in total. The van der Waals surface area contributed by atoms with Crippen LogP contribution in [-0.4, -0.2) is 22.7 Å². The second-order valence-electron chi connectivity index (χ2n) is 5.14. The molecular weight excluding hydrogens is 268 g/mol. The minimum atomic E-state index is -0.563. The first-order chi connectivity index (χ1) is 10.1. The lowest BCUT2D eigenvalue weighted by molar-refractivity contribution is -0.145. The Kier molecular flexibility index (Phi) is 5.09. The van der Waals surface area contributed by atoms with E-state index in [2.05, 4.69) is 10.1 Å². The van der Waals surface area contributed by atoms with Gasteiger partial charge in [0.05, 0.1) is 6.61 Å². The average molecular weight is 288 g/mol. The van der Waals surface area contributed by atoms with Crippen molar-refractivity contribution in [2.45, 2.75) is 39.0 Å². The maximum absolute atomic E-state index is 12.2. The Morgan fingerprint density at radius 3 is 2.57 bits per heavy atom. The van der Waals surface area contributed by atoms with Gasteiger partial charge in [-0.25, -0.2) is 0 Å². The van der Waals surface area contributed by atoms with Crippen LogP contribution in [0.3, 0.4) is 0 Å². The monoisotopic (exact) mass is 288 g/mol. The summed E-state index contributed by atoms with van der Waals surface area (Å²) in [6.45, 7) is 6.07. The number of benzene rings is 1. The third kappa shape index (κ3) is 3.90. The molecule has 0 bridgehead atoms. The minimum absolute atomic E-state index is 0.155. The molecule has 21 heavy (non-hydrogen) atoms. The van der Waals surface area contributed by atoms with Crippen molar-refractivity contribution in [2.24, 2.45) is 0 Å². The predicted octanol–water partition coefficient (Wildman–Crippen LogP) is 3.08. The first-order valence-electron chi connectivity index (χ1n) is 7.15. The molecule has 0 fully saturated rings. The molecule has 5 nitrogen and oxygen atoms in total. The number of esters is 1. The van der Waals surface area contributed by atoms with Crippen LogP contribution in [-0.2, 0) is 16.0 Å². The molecule has 0 saturated carbocycles. The van der Waals surface area contributed by atoms with E-state index in [4.69, 9.17) is 9.26 Å². The van der Waals surface area contributed by atoms with Crippen LogP contribution in [0.2, 0.25) is 0 Å². The van der Waals surface area contributed by atoms with Gasteiger partial charge in [-0.05, 0) is 18.9 Å². The van der Waals surface area contributed by atoms with Gasteiger partial charge in [-0.3, -0.25) is 4.79 Å².